The zero-order chi connectivity index (χ0) is 25.8. The van der Waals surface area contributed by atoms with Crippen molar-refractivity contribution in [3.8, 4) is 5.88 Å². The number of carbonyl (C=O) groups excluding carboxylic acids is 1. The van der Waals surface area contributed by atoms with Gasteiger partial charge in [0, 0.05) is 30.0 Å². The van der Waals surface area contributed by atoms with Crippen molar-refractivity contribution < 1.29 is 41.4 Å². The van der Waals surface area contributed by atoms with Gasteiger partial charge in [-0.2, -0.15) is 13.2 Å². The van der Waals surface area contributed by atoms with E-state index in [-0.39, 0.29) is 24.9 Å². The van der Waals surface area contributed by atoms with Crippen molar-refractivity contribution in [2.24, 2.45) is 0 Å². The summed E-state index contributed by atoms with van der Waals surface area (Å²) in [6.07, 6.45) is -6.97. The Morgan fingerprint density at radius 2 is 1.77 bits per heavy atom. The second-order valence-electron chi connectivity index (χ2n) is 7.88. The Kier molecular flexibility index (Phi) is 7.57. The van der Waals surface area contributed by atoms with Gasteiger partial charge >= 0.3 is 12.1 Å². The lowest BCUT2D eigenvalue weighted by atomic mass is 10.0. The van der Waals surface area contributed by atoms with Gasteiger partial charge in [0.15, 0.2) is 6.10 Å². The number of para-hydroxylation sites is 1. The Bertz CT molecular complexity index is 1220. The second-order valence-corrected chi connectivity index (χ2v) is 7.88. The number of alkyl halides is 5. The van der Waals surface area contributed by atoms with E-state index in [1.54, 1.807) is 36.4 Å². The zero-order valence-electron chi connectivity index (χ0n) is 18.4. The third kappa shape index (κ3) is 6.65. The van der Waals surface area contributed by atoms with Crippen molar-refractivity contribution >= 4 is 22.8 Å². The molecule has 0 radical (unpaired) electrons. The van der Waals surface area contributed by atoms with E-state index < -0.39 is 30.6 Å². The molecule has 11 heteroatoms. The van der Waals surface area contributed by atoms with Crippen LogP contribution < -0.4 is 4.74 Å². The van der Waals surface area contributed by atoms with Crippen LogP contribution in [0.25, 0.3) is 10.9 Å². The van der Waals surface area contributed by atoms with E-state index in [1.807, 2.05) is 31.2 Å². The fraction of sp³-hybridized carbons (Fsp3) is 0.292. The number of fused-ring (bicyclic) bond motifs is 1. The van der Waals surface area contributed by atoms with Crippen LogP contribution in [0.4, 0.5) is 22.0 Å². The van der Waals surface area contributed by atoms with Crippen LogP contribution in [0.2, 0.25) is 0 Å². The highest BCUT2D eigenvalue weighted by Gasteiger charge is 2.47. The van der Waals surface area contributed by atoms with Gasteiger partial charge in [0.25, 0.3) is 11.8 Å². The standard InChI is InChI=1S/C22H20F2N2O2.C2HF3O2/c1-15-5-4-7-17(13-15)21(27)26-12-11-22(23,24)19(14-26)28-20-10-9-16-6-2-3-8-18(16)25-20;3-2(4,5)1(6)7/h2-10,13,19H,11-12,14H2,1H3;(H,6,7). The minimum absolute atomic E-state index is 0.00914. The number of aryl methyl sites for hydroxylation is 1. The van der Waals surface area contributed by atoms with Crippen molar-refractivity contribution in [3.63, 3.8) is 0 Å². The molecular formula is C24H21F5N2O4. The van der Waals surface area contributed by atoms with E-state index >= 15 is 0 Å². The summed E-state index contributed by atoms with van der Waals surface area (Å²) in [6.45, 7) is 1.69. The molecular weight excluding hydrogens is 475 g/mol. The molecule has 2 heterocycles. The number of rotatable bonds is 3. The first-order valence-electron chi connectivity index (χ1n) is 10.4. The summed E-state index contributed by atoms with van der Waals surface area (Å²) in [5.74, 6) is -5.92. The Morgan fingerprint density at radius 3 is 2.43 bits per heavy atom. The minimum atomic E-state index is -5.08. The van der Waals surface area contributed by atoms with Crippen molar-refractivity contribution in [1.82, 2.24) is 9.88 Å². The van der Waals surface area contributed by atoms with E-state index in [0.29, 0.717) is 11.1 Å². The molecule has 1 atom stereocenters. The number of aromatic nitrogens is 1. The van der Waals surface area contributed by atoms with E-state index in [0.717, 1.165) is 10.9 Å². The number of ether oxygens (including phenoxy) is 1. The van der Waals surface area contributed by atoms with Gasteiger partial charge in [-0.25, -0.2) is 18.6 Å². The molecule has 1 aromatic heterocycles. The smallest absolute Gasteiger partial charge is 0.475 e. The zero-order valence-corrected chi connectivity index (χ0v) is 18.4. The monoisotopic (exact) mass is 496 g/mol. The number of likely N-dealkylation sites (tertiary alicyclic amines) is 1. The van der Waals surface area contributed by atoms with Gasteiger partial charge in [-0.05, 0) is 31.2 Å². The molecule has 0 spiro atoms. The highest BCUT2D eigenvalue weighted by atomic mass is 19.4. The van der Waals surface area contributed by atoms with Crippen molar-refractivity contribution in [2.45, 2.75) is 31.5 Å². The van der Waals surface area contributed by atoms with Gasteiger partial charge in [-0.1, -0.05) is 35.9 Å². The molecule has 35 heavy (non-hydrogen) atoms. The van der Waals surface area contributed by atoms with Crippen LogP contribution in [0.15, 0.2) is 60.7 Å². The average molecular weight is 496 g/mol. The largest absolute Gasteiger partial charge is 0.490 e. The van der Waals surface area contributed by atoms with Gasteiger partial charge in [-0.3, -0.25) is 4.79 Å². The molecule has 0 bridgehead atoms. The summed E-state index contributed by atoms with van der Waals surface area (Å²) < 4.78 is 66.3. The van der Waals surface area contributed by atoms with Crippen LogP contribution in [0.5, 0.6) is 5.88 Å². The Hall–Kier alpha value is -3.76. The number of hydrogen-bond acceptors (Lipinski definition) is 4. The number of benzene rings is 2. The number of hydrogen-bond donors (Lipinski definition) is 1. The number of piperidine rings is 1. The molecule has 1 aliphatic rings. The maximum Gasteiger partial charge on any atom is 0.490 e. The summed E-state index contributed by atoms with van der Waals surface area (Å²) in [5, 5.41) is 8.03. The molecule has 1 unspecified atom stereocenters. The maximum absolute atomic E-state index is 14.5. The third-order valence-corrected chi connectivity index (χ3v) is 5.20. The number of amides is 1. The van der Waals surface area contributed by atoms with E-state index in [2.05, 4.69) is 4.98 Å². The van der Waals surface area contributed by atoms with Crippen molar-refractivity contribution in [3.05, 3.63) is 71.8 Å². The summed E-state index contributed by atoms with van der Waals surface area (Å²) in [4.78, 5) is 27.4. The van der Waals surface area contributed by atoms with Gasteiger partial charge in [0.2, 0.25) is 5.88 Å². The first kappa shape index (κ1) is 25.9. The molecule has 1 saturated heterocycles. The summed E-state index contributed by atoms with van der Waals surface area (Å²) in [7, 11) is 0. The summed E-state index contributed by atoms with van der Waals surface area (Å²) in [5.41, 5.74) is 2.11. The lowest BCUT2D eigenvalue weighted by Crippen LogP contribution is -2.55. The molecule has 2 aromatic carbocycles. The van der Waals surface area contributed by atoms with Crippen LogP contribution in [0.3, 0.4) is 0 Å². The molecule has 1 fully saturated rings. The first-order chi connectivity index (χ1) is 16.4. The van der Waals surface area contributed by atoms with Gasteiger partial charge in [0.1, 0.15) is 0 Å². The molecule has 1 aliphatic heterocycles. The van der Waals surface area contributed by atoms with Gasteiger partial charge in [-0.15, -0.1) is 0 Å². The lowest BCUT2D eigenvalue weighted by molar-refractivity contribution is -0.192. The fourth-order valence-electron chi connectivity index (χ4n) is 3.40. The van der Waals surface area contributed by atoms with Gasteiger partial charge < -0.3 is 14.7 Å². The predicted octanol–water partition coefficient (Wildman–Crippen LogP) is 5.11. The van der Waals surface area contributed by atoms with Crippen LogP contribution in [-0.2, 0) is 4.79 Å². The van der Waals surface area contributed by atoms with Crippen LogP contribution in [0.1, 0.15) is 22.3 Å². The summed E-state index contributed by atoms with van der Waals surface area (Å²) in [6, 6.07) is 17.9. The molecule has 186 valence electrons. The summed E-state index contributed by atoms with van der Waals surface area (Å²) >= 11 is 0. The molecule has 3 aromatic rings. The maximum atomic E-state index is 14.5. The lowest BCUT2D eigenvalue weighted by Gasteiger charge is -2.38. The number of carbonyl (C=O) groups is 2. The van der Waals surface area contributed by atoms with Crippen LogP contribution in [0, 0.1) is 6.92 Å². The quantitative estimate of drug-likeness (QED) is 0.510. The van der Waals surface area contributed by atoms with Crippen molar-refractivity contribution in [1.29, 1.82) is 0 Å². The first-order valence-corrected chi connectivity index (χ1v) is 10.4. The Labute approximate surface area is 196 Å². The van der Waals surface area contributed by atoms with Crippen LogP contribution >= 0.6 is 0 Å². The normalized spacial score (nSPS) is 17.3. The fourth-order valence-corrected chi connectivity index (χ4v) is 3.40. The number of carboxylic acids is 1. The molecule has 0 aliphatic carbocycles. The molecule has 6 nitrogen and oxygen atoms in total. The molecule has 4 rings (SSSR count). The van der Waals surface area contributed by atoms with E-state index in [4.69, 9.17) is 14.6 Å². The minimum Gasteiger partial charge on any atom is -0.475 e. The second kappa shape index (κ2) is 10.2. The number of carboxylic acid groups (broad SMARTS) is 1. The van der Waals surface area contributed by atoms with Gasteiger partial charge in [0.05, 0.1) is 12.1 Å². The highest BCUT2D eigenvalue weighted by molar-refractivity contribution is 5.94. The average Bonchev–Trinajstić information content (AvgIpc) is 2.79. The Morgan fingerprint density at radius 1 is 1.09 bits per heavy atom. The number of nitrogens with zero attached hydrogens (tertiary/aromatic N) is 2. The third-order valence-electron chi connectivity index (χ3n) is 5.20. The Balaban J connectivity index is 0.000000429. The highest BCUT2D eigenvalue weighted by Crippen LogP contribution is 2.32. The number of pyridine rings is 1. The predicted molar refractivity (Wildman–Crippen MR) is 116 cm³/mol. The van der Waals surface area contributed by atoms with Crippen molar-refractivity contribution in [2.75, 3.05) is 13.1 Å². The number of aliphatic carboxylic acids is 1. The topological polar surface area (TPSA) is 79.7 Å². The van der Waals surface area contributed by atoms with Crippen LogP contribution in [-0.4, -0.2) is 58.2 Å². The van der Waals surface area contributed by atoms with E-state index in [9.17, 15) is 26.7 Å². The SMILES string of the molecule is Cc1cccc(C(=O)N2CCC(F)(F)C(Oc3ccc4ccccc4n3)C2)c1.O=C(O)C(F)(F)F. The molecule has 0 saturated carbocycles. The van der Waals surface area contributed by atoms with E-state index in [1.165, 1.54) is 4.90 Å². The molecule has 1 N–H and O–H groups in total. The molecule has 1 amide bonds. The number of halogens is 5.